The van der Waals surface area contributed by atoms with Crippen molar-refractivity contribution in [1.29, 1.82) is 0 Å². The molecule has 33 heavy (non-hydrogen) atoms. The number of benzene rings is 4. The lowest BCUT2D eigenvalue weighted by molar-refractivity contribution is 1.10. The van der Waals surface area contributed by atoms with E-state index in [0.29, 0.717) is 0 Å². The van der Waals surface area contributed by atoms with Crippen molar-refractivity contribution >= 4 is 65.9 Å². The first-order valence-electron chi connectivity index (χ1n) is 11.1. The molecule has 0 aliphatic heterocycles. The minimum absolute atomic E-state index is 0.446. The van der Waals surface area contributed by atoms with Crippen LogP contribution in [0.25, 0.3) is 0 Å². The van der Waals surface area contributed by atoms with Crippen molar-refractivity contribution in [2.45, 2.75) is 20.3 Å². The van der Waals surface area contributed by atoms with Crippen molar-refractivity contribution < 1.29 is 0 Å². The highest BCUT2D eigenvalue weighted by molar-refractivity contribution is 9.09. The summed E-state index contributed by atoms with van der Waals surface area (Å²) < 4.78 is 0. The second kappa shape index (κ2) is 19.9. The van der Waals surface area contributed by atoms with Crippen LogP contribution < -0.4 is 21.2 Å². The van der Waals surface area contributed by atoms with Gasteiger partial charge >= 0.3 is 0 Å². The molecule has 0 spiro atoms. The topological polar surface area (TPSA) is 0 Å². The molecule has 0 nitrogen and oxygen atoms in total. The second-order valence-corrected chi connectivity index (χ2v) is 11.1. The molecule has 0 saturated carbocycles. The zero-order chi connectivity index (χ0) is 24.2. The number of hydrogen-bond acceptors (Lipinski definition) is 0. The van der Waals surface area contributed by atoms with Gasteiger partial charge in [-0.3, -0.25) is 0 Å². The van der Waals surface area contributed by atoms with E-state index in [4.69, 9.17) is 11.6 Å². The van der Waals surface area contributed by atoms with Gasteiger partial charge in [-0.05, 0) is 35.6 Å². The van der Waals surface area contributed by atoms with E-state index >= 15 is 0 Å². The van der Waals surface area contributed by atoms with Crippen molar-refractivity contribution in [3.05, 3.63) is 121 Å². The molecule has 0 saturated heterocycles. The Morgan fingerprint density at radius 2 is 0.848 bits per heavy atom. The predicted octanol–water partition coefficient (Wildman–Crippen LogP) is 7.67. The van der Waals surface area contributed by atoms with Gasteiger partial charge in [0.05, 0.1) is 0 Å². The molecule has 0 amide bonds. The van der Waals surface area contributed by atoms with Gasteiger partial charge < -0.3 is 0 Å². The van der Waals surface area contributed by atoms with Gasteiger partial charge in [0.2, 0.25) is 0 Å². The third-order valence-electron chi connectivity index (χ3n) is 4.03. The van der Waals surface area contributed by atoms with Gasteiger partial charge in [-0.1, -0.05) is 151 Å². The Balaban J connectivity index is 0.000000320. The third-order valence-corrected chi connectivity index (χ3v) is 7.24. The largest absolute Gasteiger partial charge is 0.127 e. The van der Waals surface area contributed by atoms with E-state index < -0.39 is 7.92 Å². The van der Waals surface area contributed by atoms with Crippen molar-refractivity contribution in [3.63, 3.8) is 0 Å². The van der Waals surface area contributed by atoms with Crippen LogP contribution >= 0.6 is 44.7 Å². The highest BCUT2D eigenvalue weighted by Crippen LogP contribution is 2.32. The molecule has 4 aromatic carbocycles. The molecule has 0 bridgehead atoms. The van der Waals surface area contributed by atoms with Gasteiger partial charge in [0.1, 0.15) is 0 Å². The van der Waals surface area contributed by atoms with Crippen LogP contribution in [-0.4, -0.2) is 11.2 Å². The molecular weight excluding hydrogens is 526 g/mol. The maximum Gasteiger partial charge on any atom is 0.0220 e. The smallest absolute Gasteiger partial charge is 0.0220 e. The van der Waals surface area contributed by atoms with Gasteiger partial charge in [0.15, 0.2) is 0 Å². The van der Waals surface area contributed by atoms with E-state index in [1.54, 1.807) is 0 Å². The quantitative estimate of drug-likeness (QED) is 0.178. The summed E-state index contributed by atoms with van der Waals surface area (Å²) in [5, 5.41) is 6.50. The predicted molar refractivity (Wildman–Crippen MR) is 161 cm³/mol. The van der Waals surface area contributed by atoms with Crippen LogP contribution in [0.4, 0.5) is 0 Å². The van der Waals surface area contributed by atoms with E-state index in [1.165, 1.54) is 21.2 Å². The fourth-order valence-corrected chi connectivity index (χ4v) is 5.16. The number of halogens is 2. The molecule has 0 aliphatic carbocycles. The summed E-state index contributed by atoms with van der Waals surface area (Å²) in [7, 11) is 2.18. The molecule has 0 radical (unpaired) electrons. The summed E-state index contributed by atoms with van der Waals surface area (Å²) in [6, 6.07) is 42.5. The summed E-state index contributed by atoms with van der Waals surface area (Å²) in [6.07, 6.45) is 1.08. The van der Waals surface area contributed by atoms with E-state index in [9.17, 15) is 0 Å². The Hall–Kier alpha value is -1.49. The fraction of sp³-hybridized carbons (Fsp3) is 0.172. The molecule has 174 valence electrons. The monoisotopic (exact) mass is 558 g/mol. The minimum Gasteiger partial charge on any atom is -0.127 e. The Morgan fingerprint density at radius 3 is 1.03 bits per heavy atom. The van der Waals surface area contributed by atoms with Gasteiger partial charge in [0, 0.05) is 11.2 Å². The van der Waals surface area contributed by atoms with Crippen LogP contribution in [0.15, 0.2) is 121 Å². The van der Waals surface area contributed by atoms with Crippen LogP contribution in [0.2, 0.25) is 0 Å². The number of hydrogen-bond donors (Lipinski definition) is 0. The summed E-state index contributed by atoms with van der Waals surface area (Å²) in [6.45, 7) is 4.09. The second-order valence-electron chi connectivity index (χ2n) is 6.71. The van der Waals surface area contributed by atoms with Crippen molar-refractivity contribution in [1.82, 2.24) is 0 Å². The Morgan fingerprint density at radius 1 is 0.606 bits per heavy atom. The summed E-state index contributed by atoms with van der Waals surface area (Å²) >= 11 is 8.33. The number of alkyl halides is 2. The summed E-state index contributed by atoms with van der Waals surface area (Å²) in [5.74, 6) is 0.792. The molecular formula is C29H34BrClP2. The highest BCUT2D eigenvalue weighted by atomic mass is 79.9. The lowest BCUT2D eigenvalue weighted by atomic mass is 10.4. The van der Waals surface area contributed by atoms with Crippen LogP contribution in [-0.2, 0) is 0 Å². The molecule has 4 aromatic rings. The average molecular weight is 560 g/mol. The summed E-state index contributed by atoms with van der Waals surface area (Å²) in [5.41, 5.74) is 0. The first kappa shape index (κ1) is 29.5. The Kier molecular flexibility index (Phi) is 17.8. The van der Waals surface area contributed by atoms with Crippen molar-refractivity contribution in [3.8, 4) is 0 Å². The van der Waals surface area contributed by atoms with Gasteiger partial charge in [0.25, 0.3) is 0 Å². The van der Waals surface area contributed by atoms with Crippen LogP contribution in [0.1, 0.15) is 20.3 Å². The standard InChI is InChI=1S/C18H15P.C6H7P.C3H7Cl.C2H5Br/c1-4-10-16(11-5-1)19(17-12-6-2-7-13-17)18-14-8-3-9-15-18;7-6-4-2-1-3-5-6;1-2-3-4;1-2-3/h1-15H;1-5H,7H2;2-3H2,1H3;2H2,1H3. The zero-order valence-electron chi connectivity index (χ0n) is 19.4. The minimum atomic E-state index is -0.446. The molecule has 0 fully saturated rings. The molecule has 1 unspecified atom stereocenters. The Bertz CT molecular complexity index is 840. The van der Waals surface area contributed by atoms with E-state index in [-0.39, 0.29) is 0 Å². The van der Waals surface area contributed by atoms with Crippen molar-refractivity contribution in [2.24, 2.45) is 0 Å². The lowest BCUT2D eigenvalue weighted by Crippen LogP contribution is -2.20. The van der Waals surface area contributed by atoms with Crippen LogP contribution in [0.3, 0.4) is 0 Å². The fourth-order valence-electron chi connectivity index (χ4n) is 2.63. The third kappa shape index (κ3) is 13.1. The highest BCUT2D eigenvalue weighted by Gasteiger charge is 2.14. The maximum atomic E-state index is 5.19. The zero-order valence-corrected chi connectivity index (χ0v) is 23.8. The SMILES string of the molecule is CCBr.CCCCl.Pc1ccccc1.c1ccc(P(c2ccccc2)c2ccccc2)cc1. The van der Waals surface area contributed by atoms with E-state index in [1.807, 2.05) is 44.2 Å². The maximum absolute atomic E-state index is 5.19. The lowest BCUT2D eigenvalue weighted by Gasteiger charge is -2.18. The molecule has 0 heterocycles. The molecule has 4 heteroatoms. The van der Waals surface area contributed by atoms with Crippen molar-refractivity contribution in [2.75, 3.05) is 11.2 Å². The molecule has 1 atom stereocenters. The molecule has 4 rings (SSSR count). The molecule has 0 aromatic heterocycles. The van der Waals surface area contributed by atoms with Crippen LogP contribution in [0, 0.1) is 0 Å². The van der Waals surface area contributed by atoms with Gasteiger partial charge in [-0.2, -0.15) is 0 Å². The van der Waals surface area contributed by atoms with E-state index in [0.717, 1.165) is 17.6 Å². The first-order chi connectivity index (χ1) is 16.2. The van der Waals surface area contributed by atoms with Gasteiger partial charge in [-0.15, -0.1) is 20.8 Å². The van der Waals surface area contributed by atoms with E-state index in [2.05, 4.69) is 116 Å². The molecule has 0 N–H and O–H groups in total. The average Bonchev–Trinajstić information content (AvgIpc) is 2.88. The molecule has 0 aliphatic rings. The normalized spacial score (nSPS) is 9.39. The van der Waals surface area contributed by atoms with Gasteiger partial charge in [-0.25, -0.2) is 0 Å². The Labute approximate surface area is 217 Å². The van der Waals surface area contributed by atoms with Crippen LogP contribution in [0.5, 0.6) is 0 Å². The number of rotatable bonds is 4. The summed E-state index contributed by atoms with van der Waals surface area (Å²) in [4.78, 5) is 0. The first-order valence-corrected chi connectivity index (χ1v) is 14.6.